The van der Waals surface area contributed by atoms with Gasteiger partial charge in [-0.15, -0.1) is 0 Å². The fraction of sp³-hybridized carbons (Fsp3) is 0.0833. The van der Waals surface area contributed by atoms with Crippen LogP contribution in [0.3, 0.4) is 0 Å². The monoisotopic (exact) mass is 458 g/mol. The van der Waals surface area contributed by atoms with Gasteiger partial charge in [-0.1, -0.05) is 24.3 Å². The van der Waals surface area contributed by atoms with E-state index < -0.39 is 0 Å². The second kappa shape index (κ2) is 9.33. The van der Waals surface area contributed by atoms with Crippen LogP contribution in [-0.4, -0.2) is 37.8 Å². The largest absolute Gasteiger partial charge is 0.454 e. The number of benzene rings is 3. The molecule has 2 amide bonds. The summed E-state index contributed by atoms with van der Waals surface area (Å²) in [7, 11) is 0. The number of hydrazone groups is 2. The van der Waals surface area contributed by atoms with Gasteiger partial charge in [-0.2, -0.15) is 10.2 Å². The Hall–Kier alpha value is -4.86. The van der Waals surface area contributed by atoms with Gasteiger partial charge < -0.3 is 18.9 Å². The van der Waals surface area contributed by atoms with Crippen LogP contribution in [0.25, 0.3) is 0 Å². The van der Waals surface area contributed by atoms with Crippen molar-refractivity contribution >= 4 is 24.2 Å². The maximum absolute atomic E-state index is 12.2. The summed E-state index contributed by atoms with van der Waals surface area (Å²) in [5.74, 6) is 1.54. The first-order chi connectivity index (χ1) is 16.7. The Balaban J connectivity index is 1.12. The molecule has 0 bridgehead atoms. The Kier molecular flexibility index (Phi) is 5.76. The SMILES string of the molecule is O=C(NN=Cc1ccc(C=NNC(=O)c2ccc3c(c2)OCO3)cc1)c1ccc2c(c1)OCO2. The third kappa shape index (κ3) is 4.65. The van der Waals surface area contributed by atoms with Gasteiger partial charge in [0.05, 0.1) is 12.4 Å². The van der Waals surface area contributed by atoms with E-state index in [1.807, 2.05) is 0 Å². The predicted octanol–water partition coefficient (Wildman–Crippen LogP) is 2.67. The highest BCUT2D eigenvalue weighted by Gasteiger charge is 2.17. The minimum atomic E-state index is -0.364. The van der Waals surface area contributed by atoms with Crippen molar-refractivity contribution in [2.24, 2.45) is 10.2 Å². The molecule has 2 heterocycles. The number of amides is 2. The summed E-state index contributed by atoms with van der Waals surface area (Å²) in [6.07, 6.45) is 3.04. The Morgan fingerprint density at radius 1 is 0.618 bits per heavy atom. The molecule has 3 aromatic carbocycles. The molecule has 0 fully saturated rings. The Labute approximate surface area is 193 Å². The normalized spacial score (nSPS) is 13.4. The van der Waals surface area contributed by atoms with Gasteiger partial charge in [0.25, 0.3) is 11.8 Å². The van der Waals surface area contributed by atoms with Gasteiger partial charge in [0.15, 0.2) is 23.0 Å². The second-order valence-electron chi connectivity index (χ2n) is 7.20. The summed E-state index contributed by atoms with van der Waals surface area (Å²) in [6.45, 7) is 0.289. The predicted molar refractivity (Wildman–Crippen MR) is 122 cm³/mol. The second-order valence-corrected chi connectivity index (χ2v) is 7.20. The standard InChI is InChI=1S/C24H18N4O6/c29-23(17-5-7-19-21(9-17)33-13-31-19)27-25-11-15-1-2-16(4-3-15)12-26-28-24(30)18-6-8-20-22(10-18)34-14-32-20/h1-12H,13-14H2,(H,27,29)(H,28,30). The molecule has 0 saturated carbocycles. The molecule has 0 aliphatic carbocycles. The van der Waals surface area contributed by atoms with Crippen LogP contribution in [0.15, 0.2) is 70.9 Å². The van der Waals surface area contributed by atoms with Gasteiger partial charge in [-0.25, -0.2) is 10.9 Å². The maximum Gasteiger partial charge on any atom is 0.271 e. The lowest BCUT2D eigenvalue weighted by atomic mass is 10.2. The molecule has 0 radical (unpaired) electrons. The van der Waals surface area contributed by atoms with E-state index in [-0.39, 0.29) is 25.4 Å². The van der Waals surface area contributed by atoms with Crippen molar-refractivity contribution in [3.63, 3.8) is 0 Å². The molecule has 5 rings (SSSR count). The van der Waals surface area contributed by atoms with Crippen molar-refractivity contribution < 1.29 is 28.5 Å². The molecule has 10 heteroatoms. The Morgan fingerprint density at radius 3 is 1.47 bits per heavy atom. The molecule has 0 atom stereocenters. The van der Waals surface area contributed by atoms with E-state index in [9.17, 15) is 9.59 Å². The third-order valence-corrected chi connectivity index (χ3v) is 4.97. The zero-order valence-electron chi connectivity index (χ0n) is 17.7. The van der Waals surface area contributed by atoms with Gasteiger partial charge in [-0.05, 0) is 47.5 Å². The maximum atomic E-state index is 12.2. The summed E-state index contributed by atoms with van der Waals surface area (Å²) < 4.78 is 21.0. The third-order valence-electron chi connectivity index (χ3n) is 4.97. The highest BCUT2D eigenvalue weighted by molar-refractivity contribution is 5.96. The van der Waals surface area contributed by atoms with Crippen LogP contribution in [-0.2, 0) is 0 Å². The Morgan fingerprint density at radius 2 is 1.03 bits per heavy atom. The molecule has 2 N–H and O–H groups in total. The molecule has 170 valence electrons. The number of nitrogens with zero attached hydrogens (tertiary/aromatic N) is 2. The smallest absolute Gasteiger partial charge is 0.271 e. The van der Waals surface area contributed by atoms with E-state index in [1.54, 1.807) is 60.7 Å². The molecule has 0 unspecified atom stereocenters. The number of hydrogen-bond donors (Lipinski definition) is 2. The highest BCUT2D eigenvalue weighted by atomic mass is 16.7. The lowest BCUT2D eigenvalue weighted by Gasteiger charge is -2.02. The van der Waals surface area contributed by atoms with Crippen molar-refractivity contribution in [2.75, 3.05) is 13.6 Å². The highest BCUT2D eigenvalue weighted by Crippen LogP contribution is 2.33. The molecule has 2 aliphatic heterocycles. The number of nitrogens with one attached hydrogen (secondary N) is 2. The molecule has 2 aliphatic rings. The van der Waals surface area contributed by atoms with Gasteiger partial charge in [0, 0.05) is 11.1 Å². The fourth-order valence-electron chi connectivity index (χ4n) is 3.20. The lowest BCUT2D eigenvalue weighted by molar-refractivity contribution is 0.0947. The average Bonchev–Trinajstić information content (AvgIpc) is 3.53. The van der Waals surface area contributed by atoms with E-state index in [1.165, 1.54) is 12.4 Å². The van der Waals surface area contributed by atoms with Crippen molar-refractivity contribution in [3.05, 3.63) is 82.9 Å². The van der Waals surface area contributed by atoms with E-state index in [0.29, 0.717) is 34.1 Å². The van der Waals surface area contributed by atoms with Crippen molar-refractivity contribution in [1.82, 2.24) is 10.9 Å². The zero-order chi connectivity index (χ0) is 23.3. The Bertz CT molecular complexity index is 1200. The quantitative estimate of drug-likeness (QED) is 0.433. The minimum Gasteiger partial charge on any atom is -0.454 e. The molecular formula is C24H18N4O6. The number of carbonyl (C=O) groups is 2. The van der Waals surface area contributed by atoms with Gasteiger partial charge in [0.1, 0.15) is 0 Å². The number of ether oxygens (including phenoxy) is 4. The molecule has 3 aromatic rings. The summed E-state index contributed by atoms with van der Waals surface area (Å²) in [5.41, 5.74) is 7.32. The molecule has 0 spiro atoms. The van der Waals surface area contributed by atoms with Crippen LogP contribution >= 0.6 is 0 Å². The first-order valence-electron chi connectivity index (χ1n) is 10.2. The van der Waals surface area contributed by atoms with Crippen LogP contribution in [0.2, 0.25) is 0 Å². The molecule has 0 saturated heterocycles. The number of hydrogen-bond acceptors (Lipinski definition) is 8. The van der Waals surface area contributed by atoms with Crippen LogP contribution in [0.1, 0.15) is 31.8 Å². The molecule has 0 aromatic heterocycles. The van der Waals surface area contributed by atoms with Gasteiger partial charge in [-0.3, -0.25) is 9.59 Å². The van der Waals surface area contributed by atoms with Crippen molar-refractivity contribution in [2.45, 2.75) is 0 Å². The first kappa shape index (κ1) is 21.0. The van der Waals surface area contributed by atoms with E-state index >= 15 is 0 Å². The van der Waals surface area contributed by atoms with Crippen LogP contribution in [0, 0.1) is 0 Å². The van der Waals surface area contributed by atoms with E-state index in [0.717, 1.165) is 11.1 Å². The molecular weight excluding hydrogens is 440 g/mol. The van der Waals surface area contributed by atoms with Gasteiger partial charge in [0.2, 0.25) is 13.6 Å². The molecule has 10 nitrogen and oxygen atoms in total. The lowest BCUT2D eigenvalue weighted by Crippen LogP contribution is -2.17. The summed E-state index contributed by atoms with van der Waals surface area (Å²) in [4.78, 5) is 24.5. The van der Waals surface area contributed by atoms with Gasteiger partial charge >= 0.3 is 0 Å². The number of rotatable bonds is 6. The zero-order valence-corrected chi connectivity index (χ0v) is 17.7. The van der Waals surface area contributed by atoms with Crippen LogP contribution < -0.4 is 29.8 Å². The first-order valence-corrected chi connectivity index (χ1v) is 10.2. The summed E-state index contributed by atoms with van der Waals surface area (Å²) in [6, 6.07) is 17.1. The fourth-order valence-corrected chi connectivity index (χ4v) is 3.20. The van der Waals surface area contributed by atoms with Crippen molar-refractivity contribution in [1.29, 1.82) is 0 Å². The number of carbonyl (C=O) groups excluding carboxylic acids is 2. The van der Waals surface area contributed by atoms with E-state index in [2.05, 4.69) is 21.1 Å². The summed E-state index contributed by atoms with van der Waals surface area (Å²) in [5, 5.41) is 7.96. The van der Waals surface area contributed by atoms with Crippen LogP contribution in [0.5, 0.6) is 23.0 Å². The topological polar surface area (TPSA) is 120 Å². The summed E-state index contributed by atoms with van der Waals surface area (Å²) >= 11 is 0. The van der Waals surface area contributed by atoms with E-state index in [4.69, 9.17) is 18.9 Å². The minimum absolute atomic E-state index is 0.144. The average molecular weight is 458 g/mol. The van der Waals surface area contributed by atoms with Crippen LogP contribution in [0.4, 0.5) is 0 Å². The number of fused-ring (bicyclic) bond motifs is 2. The van der Waals surface area contributed by atoms with Crippen molar-refractivity contribution in [3.8, 4) is 23.0 Å². The molecule has 34 heavy (non-hydrogen) atoms.